The molecule has 0 amide bonds. The second-order valence-corrected chi connectivity index (χ2v) is 34.2. The minimum Gasteiger partial charge on any atom is -0.329 e. The van der Waals surface area contributed by atoms with Crippen molar-refractivity contribution < 1.29 is 32.6 Å². The summed E-state index contributed by atoms with van der Waals surface area (Å²) in [5.41, 5.74) is 19.9. The molecule has 0 fully saturated rings. The van der Waals surface area contributed by atoms with Crippen molar-refractivity contribution in [1.29, 1.82) is 21.0 Å². The van der Waals surface area contributed by atoms with Crippen molar-refractivity contribution >= 4 is 61.5 Å². The van der Waals surface area contributed by atoms with Gasteiger partial charge >= 0.3 is 0 Å². The van der Waals surface area contributed by atoms with Crippen LogP contribution in [0.3, 0.4) is 0 Å². The molecule has 5 aromatic carbocycles. The van der Waals surface area contributed by atoms with Gasteiger partial charge in [0.2, 0.25) is 14.7 Å². The molecule has 5 aliphatic rings. The number of hydrogen-bond acceptors (Lipinski definition) is 11. The number of carbonyl (C=O) groups is 3. The van der Waals surface area contributed by atoms with Crippen LogP contribution in [-0.2, 0) is 32.6 Å². The smallest absolute Gasteiger partial charge is 0.204 e. The average molecular weight is 1630 g/mol. The van der Waals surface area contributed by atoms with Crippen molar-refractivity contribution in [2.24, 2.45) is 0 Å². The summed E-state index contributed by atoms with van der Waals surface area (Å²) in [6.45, 7) is 13.3. The molecule has 5 aromatic rings. The molecule has 0 saturated heterocycles. The maximum Gasteiger partial charge on any atom is 0.204 e. The van der Waals surface area contributed by atoms with E-state index < -0.39 is 14.7 Å². The SMILES string of the molecule is CC(/C=C/C=C(/C=C/C1=CCCCC1)c1ccccc1)=C\C#N.CC(/C=C/C=C(/C=C/C1=CCCCC1)c1ccccc1)=C\C=O.CCOP(C)(=O)C/C(=C/C#N)c1ccccc1.CCOP(C)(=O)C/C(C)=C/C#N.N#C/C=C(/C=C/C1=CCCCC1)c1ccccc1.O=C/C=C(/C=C/C1=CCCCC1)c1ccccc1.O=CC1=CCCCC1. The number of aldehydes is 3. The van der Waals surface area contributed by atoms with E-state index in [2.05, 4.69) is 140 Å². The lowest BCUT2D eigenvalue weighted by molar-refractivity contribution is -0.105. The first-order valence-electron chi connectivity index (χ1n) is 41.6. The molecule has 5 aliphatic carbocycles. The van der Waals surface area contributed by atoms with Gasteiger partial charge in [-0.15, -0.1) is 0 Å². The van der Waals surface area contributed by atoms with E-state index in [0.29, 0.717) is 25.5 Å². The first kappa shape index (κ1) is 99.9. The number of rotatable bonds is 28. The maximum absolute atomic E-state index is 12.1. The highest BCUT2D eigenvalue weighted by Gasteiger charge is 2.19. The van der Waals surface area contributed by atoms with Gasteiger partial charge in [0.1, 0.15) is 18.9 Å². The van der Waals surface area contributed by atoms with Gasteiger partial charge in [-0.1, -0.05) is 295 Å². The van der Waals surface area contributed by atoms with E-state index in [0.717, 1.165) is 100 Å². The number of benzene rings is 5. The molecule has 618 valence electrons. The summed E-state index contributed by atoms with van der Waals surface area (Å²) in [5.74, 6) is 0. The fraction of sp³-hybridized carbons (Fsp3) is 0.292. The van der Waals surface area contributed by atoms with Gasteiger partial charge < -0.3 is 9.05 Å². The molecule has 2 unspecified atom stereocenters. The van der Waals surface area contributed by atoms with Gasteiger partial charge in [0.25, 0.3) is 0 Å². The molecule has 0 bridgehead atoms. The van der Waals surface area contributed by atoms with E-state index in [1.807, 2.05) is 172 Å². The molecular weight excluding hydrogens is 1500 g/mol. The zero-order valence-electron chi connectivity index (χ0n) is 71.1. The predicted octanol–water partition coefficient (Wildman–Crippen LogP) is 28.6. The summed E-state index contributed by atoms with van der Waals surface area (Å²) in [7, 11) is -5.16. The Morgan fingerprint density at radius 2 is 0.664 bits per heavy atom. The van der Waals surface area contributed by atoms with Crippen molar-refractivity contribution in [2.75, 3.05) is 38.9 Å². The number of hydrogen-bond donors (Lipinski definition) is 0. The average Bonchev–Trinajstić information content (AvgIpc) is 0.844. The van der Waals surface area contributed by atoms with Crippen LogP contribution in [0.25, 0.3) is 27.9 Å². The Bertz CT molecular complexity index is 4840. The van der Waals surface area contributed by atoms with Gasteiger partial charge in [0.05, 0.1) is 43.7 Å². The quantitative estimate of drug-likeness (QED) is 0.0152. The lowest BCUT2D eigenvalue weighted by Crippen LogP contribution is -1.97. The second kappa shape index (κ2) is 62.7. The van der Waals surface area contributed by atoms with Gasteiger partial charge in [-0.25, -0.2) is 0 Å². The highest BCUT2D eigenvalue weighted by molar-refractivity contribution is 7.58. The summed E-state index contributed by atoms with van der Waals surface area (Å²) < 4.78 is 33.9. The fourth-order valence-electron chi connectivity index (χ4n) is 12.9. The van der Waals surface area contributed by atoms with Crippen LogP contribution in [0.4, 0.5) is 0 Å². The van der Waals surface area contributed by atoms with Crippen LogP contribution in [0.5, 0.6) is 0 Å². The van der Waals surface area contributed by atoms with E-state index in [-0.39, 0.29) is 0 Å². The first-order chi connectivity index (χ1) is 57.9. The molecule has 2 atom stereocenters. The number of allylic oxidation sites excluding steroid dienone is 38. The summed E-state index contributed by atoms with van der Waals surface area (Å²) in [5, 5.41) is 34.6. The van der Waals surface area contributed by atoms with E-state index >= 15 is 0 Å². The Morgan fingerprint density at radius 1 is 0.353 bits per heavy atom. The molecule has 0 heterocycles. The highest BCUT2D eigenvalue weighted by Crippen LogP contribution is 2.46. The van der Waals surface area contributed by atoms with Gasteiger partial charge in [-0.05, 0) is 248 Å². The Balaban J connectivity index is 0.000000297. The number of nitriles is 4. The largest absolute Gasteiger partial charge is 0.329 e. The van der Waals surface area contributed by atoms with Gasteiger partial charge in [0.15, 0.2) is 0 Å². The van der Waals surface area contributed by atoms with Crippen LogP contribution in [-0.4, -0.2) is 57.7 Å². The van der Waals surface area contributed by atoms with Gasteiger partial charge in [-0.3, -0.25) is 23.5 Å². The van der Waals surface area contributed by atoms with Crippen molar-refractivity contribution in [3.8, 4) is 24.3 Å². The lowest BCUT2D eigenvalue weighted by Gasteiger charge is -2.14. The molecule has 119 heavy (non-hydrogen) atoms. The van der Waals surface area contributed by atoms with E-state index in [1.54, 1.807) is 51.5 Å². The Hall–Kier alpha value is -11.5. The molecule has 0 radical (unpaired) electrons. The third kappa shape index (κ3) is 46.3. The summed E-state index contributed by atoms with van der Waals surface area (Å²) in [4.78, 5) is 31.3. The van der Waals surface area contributed by atoms with E-state index in [4.69, 9.17) is 30.1 Å². The van der Waals surface area contributed by atoms with Crippen molar-refractivity contribution in [3.63, 3.8) is 0 Å². The van der Waals surface area contributed by atoms with Gasteiger partial charge in [-0.2, -0.15) is 21.0 Å². The summed E-state index contributed by atoms with van der Waals surface area (Å²) >= 11 is 0. The third-order valence-electron chi connectivity index (χ3n) is 19.0. The first-order valence-corrected chi connectivity index (χ1v) is 46.1. The second-order valence-electron chi connectivity index (χ2n) is 29.0. The normalized spacial score (nSPS) is 16.6. The minimum atomic E-state index is -2.66. The third-order valence-corrected chi connectivity index (χ3v) is 22.6. The van der Waals surface area contributed by atoms with Crippen LogP contribution >= 0.6 is 14.7 Å². The van der Waals surface area contributed by atoms with Crippen LogP contribution in [0.1, 0.15) is 191 Å². The molecule has 0 N–H and O–H groups in total. The summed E-state index contributed by atoms with van der Waals surface area (Å²) in [6.07, 6.45) is 77.5. The number of carbonyl (C=O) groups excluding carboxylic acids is 3. The Morgan fingerprint density at radius 3 is 0.975 bits per heavy atom. The number of nitrogens with zero attached hydrogens (tertiary/aromatic N) is 4. The summed E-state index contributed by atoms with van der Waals surface area (Å²) in [6, 6.07) is 58.3. The molecule has 13 heteroatoms. The van der Waals surface area contributed by atoms with Gasteiger partial charge in [0, 0.05) is 43.8 Å². The van der Waals surface area contributed by atoms with Crippen LogP contribution in [0, 0.1) is 45.3 Å². The Labute approximate surface area is 712 Å². The molecule has 0 aliphatic heterocycles. The zero-order valence-corrected chi connectivity index (χ0v) is 72.9. The zero-order chi connectivity index (χ0) is 86.1. The molecule has 10 rings (SSSR count). The van der Waals surface area contributed by atoms with Crippen LogP contribution in [0.2, 0.25) is 0 Å². The fourth-order valence-corrected chi connectivity index (χ4v) is 16.0. The van der Waals surface area contributed by atoms with Crippen molar-refractivity contribution in [1.82, 2.24) is 0 Å². The monoisotopic (exact) mass is 1620 g/mol. The standard InChI is InChI=1S/C22H23N.C22H24O.C17H17N.C17H18O.C13H16NO2P.C8H14NO2P.C7H10O/c2*1-19(17-18-23)9-8-14-22(21-12-6-3-7-13-21)16-15-20-10-4-2-5-11-20;2*18-14-13-17(16-9-5-2-6-10-16)12-11-15-7-3-1-4-8-15;1-3-16-17(2,15)11-13(9-10-14)12-7-5-4-6-8-12;1-4-11-12(3,10)7-8(2)5-6-9;8-6-7-4-2-1-3-5-7/h3,6-10,12-17H,2,4-5,11H2,1H3;3,6-10,12-18H,2,4-5,11H2,1H3;2,5-7,9-13H,1,3-4,8H2;2,5-7,9-14H,1,3-4,8H2;4-9H,3,11H2,1-2H3;5H,4,7H2,1-3H3;4,6H,1-3,5H2/b2*9-8+,16-15+,19-17+,22-14-;2*12-11+,17-13-;13-9-;8-5+;. The molecule has 0 aromatic heterocycles. The molecule has 11 nitrogen and oxygen atoms in total. The highest BCUT2D eigenvalue weighted by atomic mass is 31.2. The molecular formula is C106H122N4O7P2. The lowest BCUT2D eigenvalue weighted by atomic mass is 9.97. The molecule has 0 spiro atoms. The minimum absolute atomic E-state index is 0.290. The predicted molar refractivity (Wildman–Crippen MR) is 502 cm³/mol. The Kier molecular flexibility index (Phi) is 52.6. The van der Waals surface area contributed by atoms with Crippen LogP contribution in [0.15, 0.2) is 348 Å². The van der Waals surface area contributed by atoms with E-state index in [1.165, 1.54) is 159 Å². The van der Waals surface area contributed by atoms with Crippen LogP contribution < -0.4 is 0 Å². The topological polar surface area (TPSA) is 199 Å². The van der Waals surface area contributed by atoms with E-state index in [9.17, 15) is 23.5 Å². The maximum atomic E-state index is 12.1. The molecule has 0 saturated carbocycles. The van der Waals surface area contributed by atoms with Crippen molar-refractivity contribution in [2.45, 2.75) is 163 Å². The van der Waals surface area contributed by atoms with Crippen molar-refractivity contribution in [3.05, 3.63) is 376 Å².